The first-order chi connectivity index (χ1) is 24.9. The molecule has 280 valence electrons. The molecule has 0 saturated carbocycles. The van der Waals surface area contributed by atoms with Crippen molar-refractivity contribution in [3.63, 3.8) is 0 Å². The van der Waals surface area contributed by atoms with E-state index in [1.54, 1.807) is 30.0 Å². The van der Waals surface area contributed by atoms with Crippen molar-refractivity contribution in [1.29, 1.82) is 0 Å². The maximum absolute atomic E-state index is 17.3. The molecule has 0 aromatic heterocycles. The molecule has 8 rings (SSSR count). The van der Waals surface area contributed by atoms with E-state index < -0.39 is 44.5 Å². The van der Waals surface area contributed by atoms with Crippen LogP contribution in [0.3, 0.4) is 0 Å². The van der Waals surface area contributed by atoms with Gasteiger partial charge >= 0.3 is 0 Å². The predicted molar refractivity (Wildman–Crippen MR) is 194 cm³/mol. The summed E-state index contributed by atoms with van der Waals surface area (Å²) in [5.74, 6) is -1.77. The summed E-state index contributed by atoms with van der Waals surface area (Å²) in [6.45, 7) is 6.29. The number of hydrogen-bond donors (Lipinski definition) is 1. The molecule has 2 amide bonds. The van der Waals surface area contributed by atoms with E-state index in [2.05, 4.69) is 9.62 Å². The van der Waals surface area contributed by atoms with Gasteiger partial charge < -0.3 is 24.0 Å². The van der Waals surface area contributed by atoms with Gasteiger partial charge in [0.1, 0.15) is 36.4 Å². The number of carbonyl (C=O) groups excluding carboxylic acids is 2. The number of ether oxygens (including phenoxy) is 3. The van der Waals surface area contributed by atoms with Gasteiger partial charge in [-0.2, -0.15) is 0 Å². The number of halogens is 2. The van der Waals surface area contributed by atoms with E-state index in [1.807, 2.05) is 17.0 Å². The highest BCUT2D eigenvalue weighted by Gasteiger charge is 2.53. The first-order valence-electron chi connectivity index (χ1n) is 18.5. The fourth-order valence-electron chi connectivity index (χ4n) is 9.12. The number of carbonyl (C=O) groups is 2. The zero-order valence-electron chi connectivity index (χ0n) is 29.6. The summed E-state index contributed by atoms with van der Waals surface area (Å²) in [4.78, 5) is 34.4. The number of nitrogens with zero attached hydrogens (tertiary/aromatic N) is 3. The third kappa shape index (κ3) is 6.29. The highest BCUT2D eigenvalue weighted by atomic mass is 35.5. The molecule has 6 aliphatic rings. The van der Waals surface area contributed by atoms with E-state index in [0.717, 1.165) is 36.0 Å². The largest absolute Gasteiger partial charge is 0.487 e. The predicted octanol–water partition coefficient (Wildman–Crippen LogP) is 4.70. The standard InChI is InChI=1S/C38H46ClFN4O7S/c1-23-7-9-30(40)35(37(46)43-19-33-34(20-43)50-15-14-49-33)44-13-5-11-38(44)22-42-12-4-3-6-25-16-27(39)18-29(38)28(25)21-51-32-10-8-26(17-31(32)42)36(45)41-52(47,48)24(23)2/h8-10,16-18,23-24,33-35H,3-7,11-15,19-22H2,1-2H3,(H,41,45)/b30-9-/t23-,24+,33-,34+,35+,38-/m0/s1. The van der Waals surface area contributed by atoms with Crippen LogP contribution in [0.4, 0.5) is 10.1 Å². The Bertz CT molecular complexity index is 1900. The molecule has 6 atom stereocenters. The number of amides is 2. The van der Waals surface area contributed by atoms with Crippen molar-refractivity contribution in [2.75, 3.05) is 50.8 Å². The fraction of sp³-hybridized carbons (Fsp3) is 0.579. The Morgan fingerprint density at radius 3 is 2.58 bits per heavy atom. The van der Waals surface area contributed by atoms with Crippen LogP contribution in [0.5, 0.6) is 5.75 Å². The quantitative estimate of drug-likeness (QED) is 0.442. The summed E-state index contributed by atoms with van der Waals surface area (Å²) in [6, 6.07) is 7.69. The lowest BCUT2D eigenvalue weighted by atomic mass is 9.79. The number of aryl methyl sites for hydroxylation is 1. The maximum atomic E-state index is 17.3. The molecule has 6 heterocycles. The van der Waals surface area contributed by atoms with Crippen molar-refractivity contribution in [1.82, 2.24) is 14.5 Å². The van der Waals surface area contributed by atoms with Gasteiger partial charge in [0.25, 0.3) is 5.91 Å². The fourth-order valence-corrected chi connectivity index (χ4v) is 10.6. The van der Waals surface area contributed by atoms with Gasteiger partial charge in [0.05, 0.1) is 29.7 Å². The third-order valence-corrected chi connectivity index (χ3v) is 14.3. The smallest absolute Gasteiger partial charge is 0.264 e. The number of likely N-dealkylation sites (tertiary alicyclic amines) is 1. The minimum absolute atomic E-state index is 0.0373. The van der Waals surface area contributed by atoms with Crippen molar-refractivity contribution < 1.29 is 36.6 Å². The van der Waals surface area contributed by atoms with Gasteiger partial charge in [-0.1, -0.05) is 24.6 Å². The van der Waals surface area contributed by atoms with Crippen LogP contribution in [0, 0.1) is 5.92 Å². The second-order valence-electron chi connectivity index (χ2n) is 15.2. The number of hydrogen-bond acceptors (Lipinski definition) is 9. The zero-order chi connectivity index (χ0) is 36.4. The molecular formula is C38H46ClFN4O7S. The lowest BCUT2D eigenvalue weighted by molar-refractivity contribution is -0.137. The van der Waals surface area contributed by atoms with E-state index in [9.17, 15) is 18.0 Å². The number of sulfonamides is 1. The first kappa shape index (κ1) is 35.8. The Hall–Kier alpha value is -3.23. The van der Waals surface area contributed by atoms with Crippen LogP contribution in [0.1, 0.15) is 73.0 Å². The van der Waals surface area contributed by atoms with Gasteiger partial charge in [-0.25, -0.2) is 17.5 Å². The Labute approximate surface area is 309 Å². The molecule has 0 radical (unpaired) electrons. The average molecular weight is 757 g/mol. The van der Waals surface area contributed by atoms with Crippen LogP contribution >= 0.6 is 11.6 Å². The van der Waals surface area contributed by atoms with Crippen molar-refractivity contribution in [2.24, 2.45) is 5.92 Å². The van der Waals surface area contributed by atoms with E-state index in [-0.39, 0.29) is 36.7 Å². The normalized spacial score (nSPS) is 33.0. The van der Waals surface area contributed by atoms with Gasteiger partial charge in [-0.15, -0.1) is 0 Å². The number of rotatable bonds is 1. The van der Waals surface area contributed by atoms with Crippen molar-refractivity contribution in [3.8, 4) is 5.75 Å². The first-order valence-corrected chi connectivity index (χ1v) is 20.4. The van der Waals surface area contributed by atoms with Crippen LogP contribution in [0.2, 0.25) is 5.02 Å². The van der Waals surface area contributed by atoms with Gasteiger partial charge in [0.15, 0.2) is 0 Å². The molecule has 1 spiro atoms. The minimum Gasteiger partial charge on any atom is -0.487 e. The summed E-state index contributed by atoms with van der Waals surface area (Å²) in [6.07, 6.45) is 4.63. The summed E-state index contributed by atoms with van der Waals surface area (Å²) >= 11 is 6.93. The summed E-state index contributed by atoms with van der Waals surface area (Å²) in [5, 5.41) is -0.457. The molecule has 0 aliphatic carbocycles. The number of allylic oxidation sites excluding steroid dienone is 1. The van der Waals surface area contributed by atoms with E-state index >= 15 is 4.39 Å². The highest BCUT2D eigenvalue weighted by molar-refractivity contribution is 7.90. The number of nitrogens with one attached hydrogen (secondary N) is 1. The molecule has 0 unspecified atom stereocenters. The summed E-state index contributed by atoms with van der Waals surface area (Å²) < 4.78 is 65.1. The van der Waals surface area contributed by atoms with Gasteiger partial charge in [-0.3, -0.25) is 14.5 Å². The topological polar surface area (TPSA) is 118 Å². The molecule has 52 heavy (non-hydrogen) atoms. The van der Waals surface area contributed by atoms with E-state index in [0.29, 0.717) is 75.2 Å². The molecule has 2 aromatic carbocycles. The molecule has 1 N–H and O–H groups in total. The molecule has 6 aliphatic heterocycles. The lowest BCUT2D eigenvalue weighted by Gasteiger charge is -2.47. The number of fused-ring (bicyclic) bond motifs is 2. The molecule has 2 aromatic rings. The van der Waals surface area contributed by atoms with Crippen LogP contribution in [-0.4, -0.2) is 99.5 Å². The summed E-state index contributed by atoms with van der Waals surface area (Å²) in [7, 11) is -4.15. The third-order valence-electron chi connectivity index (χ3n) is 12.1. The van der Waals surface area contributed by atoms with Crippen molar-refractivity contribution in [2.45, 2.75) is 88.0 Å². The average Bonchev–Trinajstić information content (AvgIpc) is 3.75. The monoisotopic (exact) mass is 756 g/mol. The molecular weight excluding hydrogens is 711 g/mol. The molecule has 3 fully saturated rings. The van der Waals surface area contributed by atoms with Crippen LogP contribution in [0.15, 0.2) is 42.2 Å². The van der Waals surface area contributed by atoms with Gasteiger partial charge in [-0.05, 0) is 98.4 Å². The Kier molecular flexibility index (Phi) is 9.55. The zero-order valence-corrected chi connectivity index (χ0v) is 31.2. The Balaban J connectivity index is 1.35. The molecule has 14 heteroatoms. The number of anilines is 1. The van der Waals surface area contributed by atoms with Crippen LogP contribution in [-0.2, 0) is 42.9 Å². The molecule has 7 bridgehead atoms. The van der Waals surface area contributed by atoms with Crippen molar-refractivity contribution in [3.05, 3.63) is 69.5 Å². The second-order valence-corrected chi connectivity index (χ2v) is 17.7. The van der Waals surface area contributed by atoms with E-state index in [4.69, 9.17) is 25.8 Å². The van der Waals surface area contributed by atoms with Crippen LogP contribution in [0.25, 0.3) is 0 Å². The Morgan fingerprint density at radius 2 is 1.81 bits per heavy atom. The SMILES string of the molecule is C[C@@H]1[C@@H](C)C/C=C(\F)[C@H](C(=O)N2C[C@@H]3OCCO[C@@H]3C2)N2CCC[C@@]23CN2CCCCc4cc(Cl)cc3c4COc3ccc(cc32)C(=O)NS1(=O)=O. The highest BCUT2D eigenvalue weighted by Crippen LogP contribution is 2.49. The van der Waals surface area contributed by atoms with Crippen LogP contribution < -0.4 is 14.4 Å². The molecule has 3 saturated heterocycles. The van der Waals surface area contributed by atoms with Gasteiger partial charge in [0.2, 0.25) is 15.9 Å². The van der Waals surface area contributed by atoms with E-state index in [1.165, 1.54) is 13.0 Å². The maximum Gasteiger partial charge on any atom is 0.264 e. The van der Waals surface area contributed by atoms with Crippen molar-refractivity contribution >= 4 is 39.1 Å². The Morgan fingerprint density at radius 1 is 1.04 bits per heavy atom. The summed E-state index contributed by atoms with van der Waals surface area (Å²) in [5.41, 5.74) is 2.92. The minimum atomic E-state index is -4.15. The van der Waals surface area contributed by atoms with Gasteiger partial charge in [0, 0.05) is 43.3 Å². The molecule has 11 nitrogen and oxygen atoms in total. The lowest BCUT2D eigenvalue weighted by Crippen LogP contribution is -2.59. The number of benzene rings is 2. The second kappa shape index (κ2) is 13.9.